The van der Waals surface area contributed by atoms with Gasteiger partial charge in [-0.3, -0.25) is 9.78 Å². The molecule has 1 heterocycles. The molecule has 1 amide bonds. The van der Waals surface area contributed by atoms with Crippen molar-refractivity contribution < 1.29 is 4.79 Å². The standard InChI is InChI=1S/C16H16N2O/c19-16(13-6-2-1-3-7-13)18-14-10-4-8-12-9-5-11-17-15(12)14/h1-2,4-5,8-11,13H,3,6-7H2,(H,18,19). The van der Waals surface area contributed by atoms with Crippen molar-refractivity contribution in [1.82, 2.24) is 4.98 Å². The van der Waals surface area contributed by atoms with Gasteiger partial charge in [-0.25, -0.2) is 0 Å². The molecule has 0 fully saturated rings. The van der Waals surface area contributed by atoms with Gasteiger partial charge in [0.2, 0.25) is 5.91 Å². The van der Waals surface area contributed by atoms with Gasteiger partial charge in [-0.2, -0.15) is 0 Å². The van der Waals surface area contributed by atoms with E-state index >= 15 is 0 Å². The quantitative estimate of drug-likeness (QED) is 0.831. The molecule has 1 aliphatic rings. The van der Waals surface area contributed by atoms with Crippen molar-refractivity contribution in [3.8, 4) is 0 Å². The van der Waals surface area contributed by atoms with E-state index in [1.807, 2.05) is 30.3 Å². The molecule has 0 aliphatic heterocycles. The fraction of sp³-hybridized carbons (Fsp3) is 0.250. The average Bonchev–Trinajstić information content (AvgIpc) is 2.48. The first-order valence-corrected chi connectivity index (χ1v) is 6.64. The number of carbonyl (C=O) groups excluding carboxylic acids is 1. The summed E-state index contributed by atoms with van der Waals surface area (Å²) in [7, 11) is 0. The van der Waals surface area contributed by atoms with Crippen LogP contribution in [0.15, 0.2) is 48.7 Å². The van der Waals surface area contributed by atoms with Crippen LogP contribution in [0.25, 0.3) is 10.9 Å². The Bertz CT molecular complexity index is 628. The van der Waals surface area contributed by atoms with Crippen molar-refractivity contribution >= 4 is 22.5 Å². The van der Waals surface area contributed by atoms with Gasteiger partial charge in [-0.1, -0.05) is 30.4 Å². The average molecular weight is 252 g/mol. The Hall–Kier alpha value is -2.16. The lowest BCUT2D eigenvalue weighted by Crippen LogP contribution is -2.23. The highest BCUT2D eigenvalue weighted by Gasteiger charge is 2.19. The van der Waals surface area contributed by atoms with Gasteiger partial charge >= 0.3 is 0 Å². The highest BCUT2D eigenvalue weighted by Crippen LogP contribution is 2.24. The van der Waals surface area contributed by atoms with Crippen LogP contribution in [0.3, 0.4) is 0 Å². The zero-order valence-electron chi connectivity index (χ0n) is 10.7. The first-order chi connectivity index (χ1) is 9.34. The lowest BCUT2D eigenvalue weighted by molar-refractivity contribution is -0.120. The van der Waals surface area contributed by atoms with Gasteiger partial charge in [0.15, 0.2) is 0 Å². The maximum atomic E-state index is 12.2. The van der Waals surface area contributed by atoms with Crippen LogP contribution in [0.1, 0.15) is 19.3 Å². The molecule has 0 saturated carbocycles. The summed E-state index contributed by atoms with van der Waals surface area (Å²) in [5, 5.41) is 4.06. The number of carbonyl (C=O) groups is 1. The number of fused-ring (bicyclic) bond motifs is 1. The topological polar surface area (TPSA) is 42.0 Å². The van der Waals surface area contributed by atoms with Crippen LogP contribution in [-0.4, -0.2) is 10.9 Å². The van der Waals surface area contributed by atoms with Crippen molar-refractivity contribution in [1.29, 1.82) is 0 Å². The van der Waals surface area contributed by atoms with E-state index in [4.69, 9.17) is 0 Å². The fourth-order valence-electron chi connectivity index (χ4n) is 2.47. The number of amides is 1. The van der Waals surface area contributed by atoms with Crippen LogP contribution < -0.4 is 5.32 Å². The fourth-order valence-corrected chi connectivity index (χ4v) is 2.47. The highest BCUT2D eigenvalue weighted by atomic mass is 16.1. The predicted molar refractivity (Wildman–Crippen MR) is 76.9 cm³/mol. The maximum Gasteiger partial charge on any atom is 0.227 e. The minimum Gasteiger partial charge on any atom is -0.324 e. The molecule has 1 unspecified atom stereocenters. The van der Waals surface area contributed by atoms with Gasteiger partial charge in [0.05, 0.1) is 11.2 Å². The summed E-state index contributed by atoms with van der Waals surface area (Å²) in [4.78, 5) is 16.6. The lowest BCUT2D eigenvalue weighted by atomic mass is 9.93. The molecule has 19 heavy (non-hydrogen) atoms. The Kier molecular flexibility index (Phi) is 3.27. The van der Waals surface area contributed by atoms with Gasteiger partial charge in [0.25, 0.3) is 0 Å². The monoisotopic (exact) mass is 252 g/mol. The van der Waals surface area contributed by atoms with Crippen LogP contribution in [0, 0.1) is 5.92 Å². The summed E-state index contributed by atoms with van der Waals surface area (Å²) < 4.78 is 0. The summed E-state index contributed by atoms with van der Waals surface area (Å²) in [5.41, 5.74) is 1.65. The van der Waals surface area contributed by atoms with E-state index in [9.17, 15) is 4.79 Å². The lowest BCUT2D eigenvalue weighted by Gasteiger charge is -2.17. The molecule has 1 aliphatic carbocycles. The molecule has 96 valence electrons. The maximum absolute atomic E-state index is 12.2. The van der Waals surface area contributed by atoms with Crippen LogP contribution in [0.2, 0.25) is 0 Å². The third-order valence-electron chi connectivity index (χ3n) is 3.53. The predicted octanol–water partition coefficient (Wildman–Crippen LogP) is 3.53. The van der Waals surface area contributed by atoms with Crippen molar-refractivity contribution in [3.63, 3.8) is 0 Å². The van der Waals surface area contributed by atoms with Crippen molar-refractivity contribution in [3.05, 3.63) is 48.7 Å². The summed E-state index contributed by atoms with van der Waals surface area (Å²) in [6, 6.07) is 9.76. The zero-order chi connectivity index (χ0) is 13.1. The second kappa shape index (κ2) is 5.22. The Morgan fingerprint density at radius 2 is 2.11 bits per heavy atom. The number of allylic oxidation sites excluding steroid dienone is 2. The van der Waals surface area contributed by atoms with E-state index < -0.39 is 0 Å². The van der Waals surface area contributed by atoms with E-state index in [0.717, 1.165) is 35.9 Å². The molecule has 1 aromatic heterocycles. The first-order valence-electron chi connectivity index (χ1n) is 6.64. The number of aromatic nitrogens is 1. The molecule has 1 N–H and O–H groups in total. The molecular weight excluding hydrogens is 236 g/mol. The summed E-state index contributed by atoms with van der Waals surface area (Å²) in [6.07, 6.45) is 8.75. The van der Waals surface area contributed by atoms with E-state index in [2.05, 4.69) is 22.5 Å². The molecule has 0 saturated heterocycles. The number of hydrogen-bond donors (Lipinski definition) is 1. The van der Waals surface area contributed by atoms with Gasteiger partial charge in [0, 0.05) is 17.5 Å². The Labute approximate surface area is 112 Å². The van der Waals surface area contributed by atoms with E-state index in [1.165, 1.54) is 0 Å². The zero-order valence-corrected chi connectivity index (χ0v) is 10.7. The second-order valence-corrected chi connectivity index (χ2v) is 4.85. The van der Waals surface area contributed by atoms with E-state index in [0.29, 0.717) is 0 Å². The van der Waals surface area contributed by atoms with Gasteiger partial charge in [-0.05, 0) is 31.4 Å². The number of nitrogens with one attached hydrogen (secondary N) is 1. The Morgan fingerprint density at radius 3 is 2.95 bits per heavy atom. The third kappa shape index (κ3) is 2.50. The molecule has 3 rings (SSSR count). The van der Waals surface area contributed by atoms with Crippen molar-refractivity contribution in [2.45, 2.75) is 19.3 Å². The van der Waals surface area contributed by atoms with Crippen LogP contribution >= 0.6 is 0 Å². The number of hydrogen-bond acceptors (Lipinski definition) is 2. The van der Waals surface area contributed by atoms with Crippen molar-refractivity contribution in [2.75, 3.05) is 5.32 Å². The van der Waals surface area contributed by atoms with Gasteiger partial charge in [0.1, 0.15) is 0 Å². The van der Waals surface area contributed by atoms with Gasteiger partial charge in [-0.15, -0.1) is 0 Å². The second-order valence-electron chi connectivity index (χ2n) is 4.85. The highest BCUT2D eigenvalue weighted by molar-refractivity contribution is 6.01. The number of pyridine rings is 1. The van der Waals surface area contributed by atoms with Crippen LogP contribution in [0.5, 0.6) is 0 Å². The largest absolute Gasteiger partial charge is 0.324 e. The molecule has 1 aromatic carbocycles. The summed E-state index contributed by atoms with van der Waals surface area (Å²) >= 11 is 0. The molecule has 1 atom stereocenters. The van der Waals surface area contributed by atoms with Crippen LogP contribution in [-0.2, 0) is 4.79 Å². The SMILES string of the molecule is O=C(Nc1cccc2cccnc12)C1CC=CCC1. The normalized spacial score (nSPS) is 18.4. The molecular formula is C16H16N2O. The summed E-state index contributed by atoms with van der Waals surface area (Å²) in [6.45, 7) is 0. The Morgan fingerprint density at radius 1 is 1.21 bits per heavy atom. The third-order valence-corrected chi connectivity index (χ3v) is 3.53. The van der Waals surface area contributed by atoms with Crippen LogP contribution in [0.4, 0.5) is 5.69 Å². The minimum absolute atomic E-state index is 0.0870. The Balaban J connectivity index is 1.85. The van der Waals surface area contributed by atoms with Gasteiger partial charge < -0.3 is 5.32 Å². The summed E-state index contributed by atoms with van der Waals surface area (Å²) in [5.74, 6) is 0.187. The molecule has 0 radical (unpaired) electrons. The van der Waals surface area contributed by atoms with E-state index in [1.54, 1.807) is 6.20 Å². The number of benzene rings is 1. The number of rotatable bonds is 2. The number of para-hydroxylation sites is 1. The minimum atomic E-state index is 0.0870. The molecule has 0 spiro atoms. The molecule has 2 aromatic rings. The number of anilines is 1. The number of nitrogens with zero attached hydrogens (tertiary/aromatic N) is 1. The smallest absolute Gasteiger partial charge is 0.227 e. The van der Waals surface area contributed by atoms with E-state index in [-0.39, 0.29) is 11.8 Å². The first kappa shape index (κ1) is 11.9. The molecule has 0 bridgehead atoms. The molecule has 3 nitrogen and oxygen atoms in total. The molecule has 3 heteroatoms. The van der Waals surface area contributed by atoms with Crippen molar-refractivity contribution in [2.24, 2.45) is 5.92 Å².